The molecule has 43 nitrogen and oxygen atoms in total. The number of hydrogen-bond donors (Lipinski definition) is 22. The van der Waals surface area contributed by atoms with E-state index in [9.17, 15) is 121 Å². The number of rotatable bonds is 33. The number of benzene rings is 1. The standard InChI is InChI=1S/C94H148FNO42/c1-40-56(103)62(109)67(114)82(125-40)133-74-69(116)76(79(119)96-32-18-16-14-12-11-13-15-17-19-55(102)122-37-43-20-22-44(95)23-21-43)135-87(78(74)137-83-68(115)63(110)60(107)49(35-97)128-83)130-54-27-28-90(6)51-25-24-45-46-33-89(4,5)30-31-94(46,53(101)34-92(45,8)91(51,7)29-26-52(90)93(54,9)121-10)88(120)138-86-77(64(111)57(104)41(2)126-86)136-84-71(118)75(72(42(3)127-84)131-80-65(112)58(105)47(99)38-123-80)134-85-70(117)73(61(108)50(36-98)129-85)132-81-66(113)59(106)48(100)39-124-81/h20-24,40-42,46-54,56-78,80-87,97-101,103-118H,11-19,25-39H2,1-10H3,(H,96,119)/t40?,41?,42?,46?,47-,48-,49?,50?,51?,52-,53+,54+,56?,57+,58+,59+,60+,61-,62?,63+,64+,65?,66?,67?,68?,69+,70?,71+,72+,73+,74+,75?,76?,77?,78?,80+,81+,82?,83+,84?,85+,86+,87-,90?,91?,92-,93?,94?/m1/s1. The van der Waals surface area contributed by atoms with Crippen LogP contribution < -0.4 is 5.32 Å². The maximum absolute atomic E-state index is 16.2. The van der Waals surface area contributed by atoms with Crippen LogP contribution >= 0.6 is 0 Å². The van der Waals surface area contributed by atoms with E-state index in [-0.39, 0.29) is 56.5 Å². The van der Waals surface area contributed by atoms with Crippen molar-refractivity contribution in [2.45, 2.75) is 436 Å². The Morgan fingerprint density at radius 1 is 0.457 bits per heavy atom. The smallest absolute Gasteiger partial charge is 0.317 e. The van der Waals surface area contributed by atoms with Crippen molar-refractivity contribution in [1.29, 1.82) is 0 Å². The number of aliphatic hydroxyl groups is 21. The lowest BCUT2D eigenvalue weighted by Gasteiger charge is -2.71. The molecule has 0 spiro atoms. The van der Waals surface area contributed by atoms with E-state index in [2.05, 4.69) is 46.0 Å². The fraction of sp³-hybridized carbons (Fsp3) is 0.883. The average Bonchev–Trinajstić information content (AvgIpc) is 0.667. The summed E-state index contributed by atoms with van der Waals surface area (Å²) in [4.78, 5) is 43.5. The molecule has 5 aliphatic carbocycles. The number of aliphatic hydroxyl groups excluding tert-OH is 21. The zero-order valence-electron chi connectivity index (χ0n) is 79.5. The van der Waals surface area contributed by atoms with Gasteiger partial charge in [0.2, 0.25) is 6.29 Å². The van der Waals surface area contributed by atoms with Crippen molar-refractivity contribution in [2.75, 3.05) is 40.1 Å². The maximum Gasteiger partial charge on any atom is 0.317 e. The van der Waals surface area contributed by atoms with Gasteiger partial charge in [0, 0.05) is 20.1 Å². The van der Waals surface area contributed by atoms with Crippen LogP contribution in [0.1, 0.15) is 183 Å². The Hall–Kier alpha value is -4.18. The van der Waals surface area contributed by atoms with Crippen molar-refractivity contribution in [3.05, 3.63) is 47.3 Å². The number of hydrogen-bond acceptors (Lipinski definition) is 42. The Kier molecular flexibility index (Phi) is 35.6. The van der Waals surface area contributed by atoms with E-state index < -0.39 is 328 Å². The van der Waals surface area contributed by atoms with Crippen molar-refractivity contribution in [3.63, 3.8) is 0 Å². The molecule has 48 atom stereocenters. The molecule has 44 heteroatoms. The first-order valence-electron chi connectivity index (χ1n) is 48.8. The lowest BCUT2D eigenvalue weighted by molar-refractivity contribution is -0.399. The molecule has 0 radical (unpaired) electrons. The van der Waals surface area contributed by atoms with Gasteiger partial charge in [-0.05, 0) is 155 Å². The number of halogens is 1. The van der Waals surface area contributed by atoms with Gasteiger partial charge in [0.25, 0.3) is 5.91 Å². The molecule has 8 heterocycles. The number of fused-ring (bicyclic) bond motifs is 7. The fourth-order valence-electron chi connectivity index (χ4n) is 24.3. The topological polar surface area (TPSA) is 654 Å². The molecule has 24 unspecified atom stereocenters. The molecule has 14 rings (SSSR count). The largest absolute Gasteiger partial charge is 0.461 e. The molecule has 1 aromatic carbocycles. The first-order chi connectivity index (χ1) is 65.2. The second kappa shape index (κ2) is 44.9. The molecule has 13 aliphatic rings. The summed E-state index contributed by atoms with van der Waals surface area (Å²) in [5.41, 5.74) is -4.12. The molecule has 22 N–H and O–H groups in total. The van der Waals surface area contributed by atoms with Crippen LogP contribution in [0.2, 0.25) is 0 Å². The van der Waals surface area contributed by atoms with Gasteiger partial charge in [-0.1, -0.05) is 96.9 Å². The second-order valence-corrected chi connectivity index (χ2v) is 42.1. The second-order valence-electron chi connectivity index (χ2n) is 42.1. The lowest BCUT2D eigenvalue weighted by Crippen LogP contribution is -2.71. The summed E-state index contributed by atoms with van der Waals surface area (Å²) in [6.07, 6.45) is -61.3. The molecule has 0 aromatic heterocycles. The fourth-order valence-corrected chi connectivity index (χ4v) is 24.3. The van der Waals surface area contributed by atoms with Gasteiger partial charge in [0.15, 0.2) is 56.2 Å². The number of ether oxygens (including phenoxy) is 18. The molecule has 12 fully saturated rings. The van der Waals surface area contributed by atoms with Crippen molar-refractivity contribution in [2.24, 2.45) is 44.8 Å². The van der Waals surface area contributed by atoms with Crippen LogP contribution in [-0.2, 0) is 106 Å². The van der Waals surface area contributed by atoms with Gasteiger partial charge in [0.1, 0.15) is 170 Å². The van der Waals surface area contributed by atoms with Crippen LogP contribution in [0.4, 0.5) is 4.39 Å². The highest BCUT2D eigenvalue weighted by Gasteiger charge is 2.74. The Labute approximate surface area is 799 Å². The van der Waals surface area contributed by atoms with Crippen molar-refractivity contribution < 1.29 is 211 Å². The highest BCUT2D eigenvalue weighted by molar-refractivity contribution is 5.82. The maximum atomic E-state index is 16.2. The van der Waals surface area contributed by atoms with E-state index in [4.69, 9.17) is 85.3 Å². The number of methoxy groups -OCH3 is 1. The van der Waals surface area contributed by atoms with Crippen LogP contribution in [0.25, 0.3) is 0 Å². The van der Waals surface area contributed by atoms with Gasteiger partial charge in [-0.2, -0.15) is 0 Å². The third kappa shape index (κ3) is 21.6. The Morgan fingerprint density at radius 3 is 1.58 bits per heavy atom. The van der Waals surface area contributed by atoms with E-state index >= 15 is 4.79 Å². The van der Waals surface area contributed by atoms with Crippen molar-refractivity contribution in [1.82, 2.24) is 5.32 Å². The van der Waals surface area contributed by atoms with Gasteiger partial charge in [0.05, 0.1) is 62.5 Å². The summed E-state index contributed by atoms with van der Waals surface area (Å²) in [5.74, 6) is -3.86. The van der Waals surface area contributed by atoms with Gasteiger partial charge in [-0.3, -0.25) is 14.4 Å². The first kappa shape index (κ1) is 110. The first-order valence-corrected chi connectivity index (χ1v) is 48.8. The Bertz CT molecular complexity index is 4170. The highest BCUT2D eigenvalue weighted by Crippen LogP contribution is 2.76. The van der Waals surface area contributed by atoms with E-state index in [0.717, 1.165) is 37.7 Å². The predicted molar refractivity (Wildman–Crippen MR) is 464 cm³/mol. The lowest BCUT2D eigenvalue weighted by atomic mass is 9.34. The quantitative estimate of drug-likeness (QED) is 0.0140. The molecular formula is C94H148FNO42. The SMILES string of the molecule is COC1(C)[C@@H](O[C@@H]2OC(C(=O)NCCCCCCCCCCC(=O)OCc3ccc(F)cc3)[C@@H](O)[C@H](OC3OC(C)C(O)C(O)C3O)C2O[C@@H]2OC(CO)[C@H](O)[C@H](O)C2O)CCC2(C)C3CC=C4C5CC(C)(C)CCC5(C(=O)O[C@@H]5OC(C)[C@H](O)[C@H](O)C5OC5OC(C)[C@H](O[C@@H]6OC[C@@H](O)[C@H](O)C6O)C(O[C@@H]6OC(CO)[C@@H](O)[C@H](O[C@@H]7OC[C@@H](O)[C@H](O)C7O)C6O)[C@@H]5O)[C@@H](O)C[C@@]4(C)C3(C)CC[C@H]21. The monoisotopic (exact) mass is 1980 g/mol. The number of carbonyl (C=O) groups is 3. The molecule has 1 aromatic rings. The van der Waals surface area contributed by atoms with Crippen LogP contribution in [0.15, 0.2) is 35.9 Å². The van der Waals surface area contributed by atoms with Gasteiger partial charge < -0.3 is 198 Å². The van der Waals surface area contributed by atoms with E-state index in [1.54, 1.807) is 12.1 Å². The van der Waals surface area contributed by atoms with Crippen LogP contribution in [-0.4, -0.2) is 416 Å². The Morgan fingerprint density at radius 2 is 0.964 bits per heavy atom. The van der Waals surface area contributed by atoms with E-state index in [1.807, 2.05) is 6.92 Å². The molecule has 138 heavy (non-hydrogen) atoms. The van der Waals surface area contributed by atoms with E-state index in [1.165, 1.54) is 40.0 Å². The Balaban J connectivity index is 0.699. The summed E-state index contributed by atoms with van der Waals surface area (Å²) in [6.45, 7) is 13.9. The molecule has 8 aliphatic heterocycles. The molecule has 788 valence electrons. The number of allylic oxidation sites excluding steroid dienone is 2. The highest BCUT2D eigenvalue weighted by atomic mass is 19.1. The summed E-state index contributed by atoms with van der Waals surface area (Å²) in [7, 11) is 1.53. The number of amides is 1. The minimum Gasteiger partial charge on any atom is -0.461 e. The van der Waals surface area contributed by atoms with Gasteiger partial charge in [-0.15, -0.1) is 0 Å². The number of esters is 2. The van der Waals surface area contributed by atoms with Gasteiger partial charge >= 0.3 is 11.9 Å². The number of carbonyl (C=O) groups excluding carboxylic acids is 3. The normalized spacial score (nSPS) is 48.6. The van der Waals surface area contributed by atoms with Crippen molar-refractivity contribution in [3.8, 4) is 0 Å². The molecule has 8 saturated heterocycles. The van der Waals surface area contributed by atoms with Crippen molar-refractivity contribution >= 4 is 17.8 Å². The molecule has 4 saturated carbocycles. The molecular weight excluding hydrogens is 1830 g/mol. The average molecular weight is 1980 g/mol. The minimum absolute atomic E-state index is 0.0174. The van der Waals surface area contributed by atoms with E-state index in [0.29, 0.717) is 63.4 Å². The zero-order chi connectivity index (χ0) is 100. The molecule has 0 bridgehead atoms. The zero-order valence-corrected chi connectivity index (χ0v) is 79.5. The summed E-state index contributed by atoms with van der Waals surface area (Å²) >= 11 is 0. The third-order valence-corrected chi connectivity index (χ3v) is 32.9. The van der Waals surface area contributed by atoms with Crippen LogP contribution in [0.5, 0.6) is 0 Å². The number of nitrogens with one attached hydrogen (secondary N) is 1. The predicted octanol–water partition coefficient (Wildman–Crippen LogP) is -3.51. The summed E-state index contributed by atoms with van der Waals surface area (Å²) in [5, 5.41) is 241. The molecule has 1 amide bonds. The van der Waals surface area contributed by atoms with Crippen LogP contribution in [0.3, 0.4) is 0 Å². The third-order valence-electron chi connectivity index (χ3n) is 32.9. The summed E-state index contributed by atoms with van der Waals surface area (Å²) in [6, 6.07) is 5.71. The number of unbranched alkanes of at least 4 members (excludes halogenated alkanes) is 7. The summed E-state index contributed by atoms with van der Waals surface area (Å²) < 4.78 is 125. The van der Waals surface area contributed by atoms with Crippen LogP contribution in [0, 0.1) is 50.6 Å². The van der Waals surface area contributed by atoms with Gasteiger partial charge in [-0.25, -0.2) is 4.39 Å². The minimum atomic E-state index is -2.23.